The SMILES string of the molecule is C#CC(C)(C)OP(=O)(OF)OCl. The van der Waals surface area contributed by atoms with Crippen molar-refractivity contribution in [2.24, 2.45) is 0 Å². The lowest BCUT2D eigenvalue weighted by Crippen LogP contribution is -2.20. The summed E-state index contributed by atoms with van der Waals surface area (Å²) in [4.78, 5) is 0. The molecule has 0 aliphatic carbocycles. The fourth-order valence-electron chi connectivity index (χ4n) is 0.345. The van der Waals surface area contributed by atoms with Crippen LogP contribution in [-0.2, 0) is 17.9 Å². The molecule has 12 heavy (non-hydrogen) atoms. The molecule has 0 N–H and O–H groups in total. The first-order valence-corrected chi connectivity index (χ1v) is 4.55. The van der Waals surface area contributed by atoms with Gasteiger partial charge in [0, 0.05) is 0 Å². The molecule has 0 aromatic rings. The molecule has 70 valence electrons. The zero-order valence-electron chi connectivity index (χ0n) is 6.41. The van der Waals surface area contributed by atoms with E-state index >= 15 is 0 Å². The quantitative estimate of drug-likeness (QED) is 0.535. The fraction of sp³-hybridized carbons (Fsp3) is 0.600. The minimum atomic E-state index is -4.36. The highest BCUT2D eigenvalue weighted by Crippen LogP contribution is 2.53. The molecule has 0 radical (unpaired) electrons. The van der Waals surface area contributed by atoms with E-state index in [1.54, 1.807) is 0 Å². The first-order chi connectivity index (χ1) is 5.39. The third-order valence-electron chi connectivity index (χ3n) is 0.857. The van der Waals surface area contributed by atoms with E-state index in [1.165, 1.54) is 13.8 Å². The maximum absolute atomic E-state index is 11.5. The second-order valence-corrected chi connectivity index (χ2v) is 4.10. The molecule has 4 nitrogen and oxygen atoms in total. The number of hydrogen-bond acceptors (Lipinski definition) is 4. The molecule has 0 aliphatic rings. The van der Waals surface area contributed by atoms with Gasteiger partial charge in [-0.15, -0.1) is 6.42 Å². The molecule has 0 heterocycles. The van der Waals surface area contributed by atoms with Gasteiger partial charge in [0.1, 0.15) is 5.60 Å². The summed E-state index contributed by atoms with van der Waals surface area (Å²) in [7, 11) is -4.36. The first-order valence-electron chi connectivity index (χ1n) is 2.78. The maximum atomic E-state index is 11.5. The molecule has 0 aliphatic heterocycles. The smallest absolute Gasteiger partial charge is 0.265 e. The lowest BCUT2D eigenvalue weighted by atomic mass is 10.2. The fourth-order valence-corrected chi connectivity index (χ4v) is 1.18. The number of phosphoric acid groups is 1. The Morgan fingerprint density at radius 2 is 2.17 bits per heavy atom. The van der Waals surface area contributed by atoms with Gasteiger partial charge in [-0.3, -0.25) is 4.52 Å². The number of terminal acetylenes is 1. The minimum Gasteiger partial charge on any atom is -0.265 e. The highest BCUT2D eigenvalue weighted by Gasteiger charge is 2.35. The van der Waals surface area contributed by atoms with Crippen LogP contribution >= 0.6 is 19.7 Å². The van der Waals surface area contributed by atoms with Crippen molar-refractivity contribution in [3.63, 3.8) is 0 Å². The standard InChI is InChI=1S/C5H7ClFO4P/c1-4-5(2,3)9-12(8,10-6)11-7/h1H,2-3H3. The van der Waals surface area contributed by atoms with E-state index < -0.39 is 13.4 Å². The predicted octanol–water partition coefficient (Wildman–Crippen LogP) is 2.59. The lowest BCUT2D eigenvalue weighted by Gasteiger charge is -2.19. The van der Waals surface area contributed by atoms with Crippen LogP contribution in [-0.4, -0.2) is 5.60 Å². The monoisotopic (exact) mass is 216 g/mol. The van der Waals surface area contributed by atoms with Gasteiger partial charge in [-0.25, -0.2) is 4.57 Å². The molecule has 1 unspecified atom stereocenters. The lowest BCUT2D eigenvalue weighted by molar-refractivity contribution is -0.0564. The molecule has 0 saturated heterocycles. The maximum Gasteiger partial charge on any atom is 0.524 e. The van der Waals surface area contributed by atoms with Crippen molar-refractivity contribution in [2.45, 2.75) is 19.4 Å². The second kappa shape index (κ2) is 4.22. The largest absolute Gasteiger partial charge is 0.524 e. The van der Waals surface area contributed by atoms with E-state index in [0.29, 0.717) is 0 Å². The van der Waals surface area contributed by atoms with E-state index in [0.717, 1.165) is 0 Å². The Bertz CT molecular complexity index is 228. The Morgan fingerprint density at radius 3 is 2.42 bits per heavy atom. The first kappa shape index (κ1) is 11.9. The zero-order chi connectivity index (χ0) is 9.83. The van der Waals surface area contributed by atoms with E-state index in [9.17, 15) is 9.09 Å². The molecule has 0 rings (SSSR count). The van der Waals surface area contributed by atoms with Gasteiger partial charge < -0.3 is 0 Å². The molecule has 0 spiro atoms. The molecular formula is C5H7ClFO4P. The third-order valence-corrected chi connectivity index (χ3v) is 2.38. The molecule has 0 aromatic heterocycles. The molecular weight excluding hydrogens is 209 g/mol. The summed E-state index contributed by atoms with van der Waals surface area (Å²) in [5.74, 6) is 2.09. The van der Waals surface area contributed by atoms with Gasteiger partial charge in [-0.2, -0.15) is 4.08 Å². The van der Waals surface area contributed by atoms with Crippen LogP contribution in [0.15, 0.2) is 0 Å². The summed E-state index contributed by atoms with van der Waals surface area (Å²) in [6, 6.07) is 0. The van der Waals surface area contributed by atoms with Gasteiger partial charge in [-0.05, 0) is 18.4 Å². The normalized spacial score (nSPS) is 16.6. The van der Waals surface area contributed by atoms with E-state index in [1.807, 2.05) is 0 Å². The van der Waals surface area contributed by atoms with Crippen LogP contribution in [0.5, 0.6) is 0 Å². The van der Waals surface area contributed by atoms with Gasteiger partial charge in [0.15, 0.2) is 0 Å². The van der Waals surface area contributed by atoms with E-state index in [-0.39, 0.29) is 0 Å². The van der Waals surface area contributed by atoms with Crippen LogP contribution in [0, 0.1) is 12.3 Å². The molecule has 1 atom stereocenters. The Labute approximate surface area is 74.6 Å². The van der Waals surface area contributed by atoms with Crippen molar-refractivity contribution in [3.05, 3.63) is 0 Å². The van der Waals surface area contributed by atoms with Crippen LogP contribution in [0.3, 0.4) is 0 Å². The van der Waals surface area contributed by atoms with Crippen molar-refractivity contribution in [1.29, 1.82) is 0 Å². The van der Waals surface area contributed by atoms with Crippen LogP contribution < -0.4 is 0 Å². The van der Waals surface area contributed by atoms with Crippen LogP contribution in [0.1, 0.15) is 13.8 Å². The number of hydrogen-bond donors (Lipinski definition) is 0. The molecule has 0 aromatic carbocycles. The van der Waals surface area contributed by atoms with Crippen molar-refractivity contribution in [2.75, 3.05) is 0 Å². The van der Waals surface area contributed by atoms with E-state index in [4.69, 9.17) is 6.42 Å². The summed E-state index contributed by atoms with van der Waals surface area (Å²) in [6.45, 7) is 2.74. The average molecular weight is 217 g/mol. The van der Waals surface area contributed by atoms with Gasteiger partial charge in [0.25, 0.3) is 0 Å². The van der Waals surface area contributed by atoms with Crippen LogP contribution in [0.4, 0.5) is 4.53 Å². The van der Waals surface area contributed by atoms with Gasteiger partial charge >= 0.3 is 7.82 Å². The summed E-state index contributed by atoms with van der Waals surface area (Å²) in [6.07, 6.45) is 4.95. The molecule has 0 bridgehead atoms. The van der Waals surface area contributed by atoms with Gasteiger partial charge in [-0.1, -0.05) is 10.6 Å². The summed E-state index contributed by atoms with van der Waals surface area (Å²) in [5, 5.41) is 0. The Kier molecular flexibility index (Phi) is 4.18. The van der Waals surface area contributed by atoms with Crippen molar-refractivity contribution >= 4 is 19.7 Å². The third kappa shape index (κ3) is 3.53. The van der Waals surface area contributed by atoms with Crippen LogP contribution in [0.2, 0.25) is 0 Å². The summed E-state index contributed by atoms with van der Waals surface area (Å²) in [5.41, 5.74) is -1.28. The predicted molar refractivity (Wildman–Crippen MR) is 40.7 cm³/mol. The minimum absolute atomic E-state index is 1.28. The van der Waals surface area contributed by atoms with Crippen LogP contribution in [0.25, 0.3) is 0 Å². The van der Waals surface area contributed by atoms with E-state index in [2.05, 4.69) is 31.1 Å². The Balaban J connectivity index is 4.44. The molecule has 0 fully saturated rings. The summed E-state index contributed by atoms with van der Waals surface area (Å²) >= 11 is 4.65. The van der Waals surface area contributed by atoms with Crippen molar-refractivity contribution in [1.82, 2.24) is 0 Å². The Hall–Kier alpha value is -0.110. The van der Waals surface area contributed by atoms with Crippen molar-refractivity contribution in [3.8, 4) is 12.3 Å². The molecule has 7 heteroatoms. The summed E-state index contributed by atoms with van der Waals surface area (Å²) < 4.78 is 33.4. The highest BCUT2D eigenvalue weighted by atomic mass is 35.5. The molecule has 0 saturated carbocycles. The zero-order valence-corrected chi connectivity index (χ0v) is 8.06. The van der Waals surface area contributed by atoms with Gasteiger partial charge in [0.05, 0.1) is 11.9 Å². The highest BCUT2D eigenvalue weighted by molar-refractivity contribution is 7.49. The van der Waals surface area contributed by atoms with Gasteiger partial charge in [0.2, 0.25) is 0 Å². The second-order valence-electron chi connectivity index (χ2n) is 2.33. The molecule has 0 amide bonds. The average Bonchev–Trinajstić information content (AvgIpc) is 2.04. The Morgan fingerprint density at radius 1 is 1.67 bits per heavy atom. The topological polar surface area (TPSA) is 44.8 Å². The van der Waals surface area contributed by atoms with Crippen molar-refractivity contribution < 1.29 is 22.4 Å². The number of rotatable bonds is 4. The number of halogens is 2.